The predicted molar refractivity (Wildman–Crippen MR) is 125 cm³/mol. The van der Waals surface area contributed by atoms with Crippen molar-refractivity contribution >= 4 is 35.0 Å². The van der Waals surface area contributed by atoms with Crippen LogP contribution in [0, 0.1) is 11.8 Å². The maximum absolute atomic E-state index is 11.0. The molecular weight excluding hydrogens is 416 g/mol. The van der Waals surface area contributed by atoms with Crippen molar-refractivity contribution < 1.29 is 15.0 Å². The number of rotatable bonds is 10. The number of carbonyl (C=O) groups is 1. The van der Waals surface area contributed by atoms with E-state index in [-0.39, 0.29) is 17.2 Å². The van der Waals surface area contributed by atoms with Gasteiger partial charge in [-0.2, -0.15) is 0 Å². The van der Waals surface area contributed by atoms with Gasteiger partial charge in [0.25, 0.3) is 0 Å². The summed E-state index contributed by atoms with van der Waals surface area (Å²) in [6.07, 6.45) is 11.0. The summed E-state index contributed by atoms with van der Waals surface area (Å²) in [6, 6.07) is 12.0. The number of aliphatic hydroxyl groups is 1. The molecule has 1 saturated carbocycles. The Morgan fingerprint density at radius 3 is 2.83 bits per heavy atom. The molecule has 0 amide bonds. The molecule has 30 heavy (non-hydrogen) atoms. The molecule has 0 unspecified atom stereocenters. The van der Waals surface area contributed by atoms with Crippen LogP contribution in [0.2, 0.25) is 0 Å². The number of aryl methyl sites for hydroxylation is 2. The summed E-state index contributed by atoms with van der Waals surface area (Å²) in [5, 5.41) is 19.6. The van der Waals surface area contributed by atoms with E-state index < -0.39 is 12.1 Å². The maximum atomic E-state index is 11.0. The fourth-order valence-electron chi connectivity index (χ4n) is 4.22. The molecule has 5 heteroatoms. The van der Waals surface area contributed by atoms with E-state index in [0.717, 1.165) is 42.5 Å². The van der Waals surface area contributed by atoms with Gasteiger partial charge in [-0.15, -0.1) is 29.5 Å². The number of hydrogen-bond acceptors (Lipinski definition) is 3. The number of alkyl halides is 1. The van der Waals surface area contributed by atoms with Gasteiger partial charge in [0.05, 0.1) is 6.10 Å². The van der Waals surface area contributed by atoms with Crippen molar-refractivity contribution in [2.24, 2.45) is 11.8 Å². The standard InChI is InChI=1S/C25H29ClO3S/c1-2-3-6-17-7-4-8-18(15-17)11-13-21-20(22(26)16-23(21)27)10-5-9-19-12-14-24(30-19)25(28)29/h2,4,7-8,11-15,20-23,27H,1,3,5-6,9-10,16H2,(H,28,29)/t20-,21-,22-,23-/m1/s1. The molecule has 1 aliphatic carbocycles. The molecule has 3 rings (SSSR count). The van der Waals surface area contributed by atoms with Gasteiger partial charge in [-0.25, -0.2) is 4.79 Å². The summed E-state index contributed by atoms with van der Waals surface area (Å²) in [5.41, 5.74) is 2.42. The van der Waals surface area contributed by atoms with Crippen LogP contribution in [0.5, 0.6) is 0 Å². The molecule has 160 valence electrons. The Morgan fingerprint density at radius 1 is 1.27 bits per heavy atom. The van der Waals surface area contributed by atoms with Crippen molar-refractivity contribution in [3.05, 3.63) is 76.0 Å². The van der Waals surface area contributed by atoms with Crippen molar-refractivity contribution in [2.75, 3.05) is 0 Å². The minimum absolute atomic E-state index is 0.0357. The van der Waals surface area contributed by atoms with Gasteiger partial charge in [0.1, 0.15) is 4.88 Å². The van der Waals surface area contributed by atoms with E-state index in [1.807, 2.05) is 12.1 Å². The van der Waals surface area contributed by atoms with Crippen LogP contribution in [0.25, 0.3) is 6.08 Å². The van der Waals surface area contributed by atoms with E-state index in [0.29, 0.717) is 11.3 Å². The molecule has 0 bridgehead atoms. The largest absolute Gasteiger partial charge is 0.477 e. The molecule has 0 radical (unpaired) electrons. The molecule has 0 aliphatic heterocycles. The molecule has 2 N–H and O–H groups in total. The molecule has 1 aromatic carbocycles. The van der Waals surface area contributed by atoms with Gasteiger partial charge in [-0.3, -0.25) is 0 Å². The van der Waals surface area contributed by atoms with Gasteiger partial charge < -0.3 is 10.2 Å². The average Bonchev–Trinajstić information content (AvgIpc) is 3.30. The maximum Gasteiger partial charge on any atom is 0.345 e. The lowest BCUT2D eigenvalue weighted by Crippen LogP contribution is -2.18. The van der Waals surface area contributed by atoms with Crippen molar-refractivity contribution in [3.8, 4) is 0 Å². The topological polar surface area (TPSA) is 57.5 Å². The summed E-state index contributed by atoms with van der Waals surface area (Å²) in [7, 11) is 0. The van der Waals surface area contributed by atoms with E-state index in [4.69, 9.17) is 16.7 Å². The molecule has 0 spiro atoms. The lowest BCUT2D eigenvalue weighted by atomic mass is 9.89. The Kier molecular flexibility index (Phi) is 8.32. The number of halogens is 1. The number of hydrogen-bond donors (Lipinski definition) is 2. The minimum Gasteiger partial charge on any atom is -0.477 e. The molecule has 1 fully saturated rings. The summed E-state index contributed by atoms with van der Waals surface area (Å²) >= 11 is 7.92. The normalized spacial score (nSPS) is 23.8. The van der Waals surface area contributed by atoms with Gasteiger partial charge in [0.2, 0.25) is 0 Å². The zero-order chi connectivity index (χ0) is 21.5. The van der Waals surface area contributed by atoms with E-state index in [2.05, 4.69) is 43.0 Å². The lowest BCUT2D eigenvalue weighted by molar-refractivity contribution is 0.0702. The molecule has 3 nitrogen and oxygen atoms in total. The third-order valence-corrected chi connectivity index (χ3v) is 7.44. The minimum atomic E-state index is -0.871. The van der Waals surface area contributed by atoms with E-state index >= 15 is 0 Å². The van der Waals surface area contributed by atoms with Crippen LogP contribution in [0.15, 0.2) is 55.1 Å². The SMILES string of the molecule is C=CCCc1cccc(C=C[C@@H]2[C@@H](CCCc3ccc(C(=O)O)s3)[C@H](Cl)C[C@H]2O)c1. The van der Waals surface area contributed by atoms with Crippen LogP contribution in [0.1, 0.15) is 51.4 Å². The molecule has 1 aromatic heterocycles. The first-order valence-electron chi connectivity index (χ1n) is 10.5. The zero-order valence-electron chi connectivity index (χ0n) is 17.0. The predicted octanol–water partition coefficient (Wildman–Crippen LogP) is 6.21. The summed E-state index contributed by atoms with van der Waals surface area (Å²) in [4.78, 5) is 12.5. The fourth-order valence-corrected chi connectivity index (χ4v) is 5.58. The first-order chi connectivity index (χ1) is 14.5. The molecule has 0 saturated heterocycles. The zero-order valence-corrected chi connectivity index (χ0v) is 18.6. The van der Waals surface area contributed by atoms with Gasteiger partial charge in [0.15, 0.2) is 0 Å². The smallest absolute Gasteiger partial charge is 0.345 e. The summed E-state index contributed by atoms with van der Waals surface area (Å²) in [6.45, 7) is 3.78. The van der Waals surface area contributed by atoms with Crippen LogP contribution in [0.3, 0.4) is 0 Å². The highest BCUT2D eigenvalue weighted by Gasteiger charge is 2.39. The van der Waals surface area contributed by atoms with E-state index in [1.54, 1.807) is 6.07 Å². The summed E-state index contributed by atoms with van der Waals surface area (Å²) < 4.78 is 0. The molecular formula is C25H29ClO3S. The van der Waals surface area contributed by atoms with Gasteiger partial charge in [-0.05, 0) is 67.7 Å². The highest BCUT2D eigenvalue weighted by molar-refractivity contribution is 7.13. The Hall–Kier alpha value is -1.88. The van der Waals surface area contributed by atoms with Crippen molar-refractivity contribution in [1.82, 2.24) is 0 Å². The number of thiophene rings is 1. The van der Waals surface area contributed by atoms with E-state index in [9.17, 15) is 9.90 Å². The van der Waals surface area contributed by atoms with Crippen LogP contribution in [-0.2, 0) is 12.8 Å². The van der Waals surface area contributed by atoms with E-state index in [1.165, 1.54) is 16.9 Å². The summed E-state index contributed by atoms with van der Waals surface area (Å²) in [5.74, 6) is -0.604. The first-order valence-corrected chi connectivity index (χ1v) is 11.8. The second-order valence-electron chi connectivity index (χ2n) is 7.96. The lowest BCUT2D eigenvalue weighted by Gasteiger charge is -2.20. The number of aromatic carboxylic acids is 1. The molecule has 4 atom stereocenters. The Balaban J connectivity index is 1.60. The number of carboxylic acids is 1. The fraction of sp³-hybridized carbons (Fsp3) is 0.400. The van der Waals surface area contributed by atoms with Crippen LogP contribution in [0.4, 0.5) is 0 Å². The number of carboxylic acid groups (broad SMARTS) is 1. The number of aliphatic hydroxyl groups excluding tert-OH is 1. The van der Waals surface area contributed by atoms with Gasteiger partial charge >= 0.3 is 5.97 Å². The number of allylic oxidation sites excluding steroid dienone is 1. The average molecular weight is 445 g/mol. The molecule has 1 heterocycles. The Bertz CT molecular complexity index is 888. The second-order valence-corrected chi connectivity index (χ2v) is 9.68. The Morgan fingerprint density at radius 2 is 2.10 bits per heavy atom. The second kappa shape index (κ2) is 10.9. The van der Waals surface area contributed by atoms with Crippen molar-refractivity contribution in [2.45, 2.75) is 50.0 Å². The van der Waals surface area contributed by atoms with Crippen LogP contribution >= 0.6 is 22.9 Å². The quantitative estimate of drug-likeness (QED) is 0.338. The van der Waals surface area contributed by atoms with Gasteiger partial charge in [0, 0.05) is 16.2 Å². The van der Waals surface area contributed by atoms with Crippen LogP contribution in [-0.4, -0.2) is 27.7 Å². The van der Waals surface area contributed by atoms with Gasteiger partial charge in [-0.1, -0.05) is 42.5 Å². The highest BCUT2D eigenvalue weighted by atomic mass is 35.5. The first kappa shape index (κ1) is 22.8. The van der Waals surface area contributed by atoms with Crippen molar-refractivity contribution in [3.63, 3.8) is 0 Å². The Labute approximate surface area is 187 Å². The monoisotopic (exact) mass is 444 g/mol. The third-order valence-electron chi connectivity index (χ3n) is 5.80. The molecule has 1 aliphatic rings. The highest BCUT2D eigenvalue weighted by Crippen LogP contribution is 2.40. The third kappa shape index (κ3) is 6.07. The van der Waals surface area contributed by atoms with Crippen molar-refractivity contribution in [1.29, 1.82) is 0 Å². The number of benzene rings is 1. The van der Waals surface area contributed by atoms with Crippen LogP contribution < -0.4 is 0 Å². The molecule has 2 aromatic rings.